The molecule has 0 bridgehead atoms. The fourth-order valence-electron chi connectivity index (χ4n) is 3.42. The van der Waals surface area contributed by atoms with Crippen LogP contribution < -0.4 is 20.3 Å². The number of amides is 2. The Morgan fingerprint density at radius 2 is 2.13 bits per heavy atom. The summed E-state index contributed by atoms with van der Waals surface area (Å²) in [4.78, 5) is 31.7. The fraction of sp³-hybridized carbons (Fsp3) is 0.476. The predicted octanol–water partition coefficient (Wildman–Crippen LogP) is 1.20. The van der Waals surface area contributed by atoms with Crippen LogP contribution in [0.4, 0.5) is 11.5 Å². The summed E-state index contributed by atoms with van der Waals surface area (Å²) in [5.41, 5.74) is -0.351. The molecule has 0 saturated carbocycles. The van der Waals surface area contributed by atoms with E-state index in [2.05, 4.69) is 20.5 Å². The summed E-state index contributed by atoms with van der Waals surface area (Å²) >= 11 is 0. The van der Waals surface area contributed by atoms with E-state index in [0.29, 0.717) is 56.5 Å². The van der Waals surface area contributed by atoms with Gasteiger partial charge in [0.05, 0.1) is 29.9 Å². The molecule has 0 unspecified atom stereocenters. The lowest BCUT2D eigenvalue weighted by molar-refractivity contribution is 0.0271. The van der Waals surface area contributed by atoms with Gasteiger partial charge in [-0.1, -0.05) is 0 Å². The predicted molar refractivity (Wildman–Crippen MR) is 112 cm³/mol. The number of morpholine rings is 1. The first kappa shape index (κ1) is 21.1. The van der Waals surface area contributed by atoms with Crippen molar-refractivity contribution >= 4 is 23.3 Å². The van der Waals surface area contributed by atoms with E-state index in [4.69, 9.17) is 13.9 Å². The Kier molecular flexibility index (Phi) is 5.84. The number of hydrogen-bond acceptors (Lipinski definition) is 8. The summed E-state index contributed by atoms with van der Waals surface area (Å²) < 4.78 is 16.5. The normalized spacial score (nSPS) is 16.5. The van der Waals surface area contributed by atoms with Crippen LogP contribution >= 0.6 is 0 Å². The Bertz CT molecular complexity index is 975. The lowest BCUT2D eigenvalue weighted by Gasteiger charge is -2.28. The summed E-state index contributed by atoms with van der Waals surface area (Å²) in [6.45, 7) is 6.29. The number of aliphatic hydroxyl groups is 1. The molecule has 2 amide bonds. The van der Waals surface area contributed by atoms with E-state index in [-0.39, 0.29) is 29.5 Å². The molecule has 4 heterocycles. The molecule has 166 valence electrons. The van der Waals surface area contributed by atoms with Crippen LogP contribution in [0.2, 0.25) is 0 Å². The molecule has 0 atom stereocenters. The minimum absolute atomic E-state index is 0.0149. The van der Waals surface area contributed by atoms with E-state index in [1.165, 1.54) is 6.26 Å². The smallest absolute Gasteiger partial charge is 0.259 e. The second-order valence-electron chi connectivity index (χ2n) is 8.13. The highest BCUT2D eigenvalue weighted by molar-refractivity contribution is 6.13. The minimum Gasteiger partial charge on any atom is -0.473 e. The Labute approximate surface area is 179 Å². The molecule has 0 aliphatic carbocycles. The number of hydrogen-bond donors (Lipinski definition) is 3. The van der Waals surface area contributed by atoms with Gasteiger partial charge in [0, 0.05) is 26.1 Å². The highest BCUT2D eigenvalue weighted by Gasteiger charge is 2.28. The largest absolute Gasteiger partial charge is 0.473 e. The molecule has 2 aromatic heterocycles. The summed E-state index contributed by atoms with van der Waals surface area (Å²) in [7, 11) is 0. The Balaban J connectivity index is 1.59. The minimum atomic E-state index is -1.08. The van der Waals surface area contributed by atoms with Gasteiger partial charge < -0.3 is 34.5 Å². The van der Waals surface area contributed by atoms with Crippen LogP contribution in [0.15, 0.2) is 22.8 Å². The van der Waals surface area contributed by atoms with Crippen molar-refractivity contribution in [3.63, 3.8) is 0 Å². The average molecular weight is 430 g/mol. The lowest BCUT2D eigenvalue weighted by atomic mass is 10.0. The summed E-state index contributed by atoms with van der Waals surface area (Å²) in [6.07, 6.45) is 1.82. The molecular formula is C21H26N4O6. The van der Waals surface area contributed by atoms with Crippen LogP contribution in [0.5, 0.6) is 5.88 Å². The monoisotopic (exact) mass is 430 g/mol. The number of nitrogens with one attached hydrogen (secondary N) is 2. The summed E-state index contributed by atoms with van der Waals surface area (Å²) in [6, 6.07) is 3.48. The van der Waals surface area contributed by atoms with Crippen molar-refractivity contribution in [2.45, 2.75) is 25.9 Å². The van der Waals surface area contributed by atoms with Gasteiger partial charge in [0.15, 0.2) is 0 Å². The number of furan rings is 1. The van der Waals surface area contributed by atoms with E-state index < -0.39 is 11.5 Å². The SMILES string of the molecule is CC(C)(O)COc1nc(N2CCOCC2)ccc1NC(=O)c1coc2c1C(=O)NCC2. The fourth-order valence-corrected chi connectivity index (χ4v) is 3.42. The van der Waals surface area contributed by atoms with E-state index in [9.17, 15) is 14.7 Å². The number of carbonyl (C=O) groups excluding carboxylic acids is 2. The van der Waals surface area contributed by atoms with Crippen molar-refractivity contribution in [2.24, 2.45) is 0 Å². The van der Waals surface area contributed by atoms with Gasteiger partial charge in [-0.2, -0.15) is 4.98 Å². The van der Waals surface area contributed by atoms with Crippen molar-refractivity contribution < 1.29 is 28.6 Å². The number of nitrogens with zero attached hydrogens (tertiary/aromatic N) is 2. The standard InChI is InChI=1S/C21H26N4O6/c1-21(2,28)12-31-20-14(3-4-16(24-20)25-7-9-29-10-8-25)23-18(26)13-11-30-15-5-6-22-19(27)17(13)15/h3-4,11,28H,5-10,12H2,1-2H3,(H,22,27)(H,23,26). The molecular weight excluding hydrogens is 404 g/mol. The van der Waals surface area contributed by atoms with Crippen LogP contribution in [0.25, 0.3) is 0 Å². The molecule has 2 aromatic rings. The van der Waals surface area contributed by atoms with E-state index in [0.717, 1.165) is 0 Å². The maximum Gasteiger partial charge on any atom is 0.259 e. The zero-order valence-electron chi connectivity index (χ0n) is 17.6. The number of pyridine rings is 1. The van der Waals surface area contributed by atoms with Gasteiger partial charge >= 0.3 is 0 Å². The molecule has 2 aliphatic heterocycles. The highest BCUT2D eigenvalue weighted by Crippen LogP contribution is 2.29. The number of anilines is 2. The Morgan fingerprint density at radius 1 is 1.35 bits per heavy atom. The van der Waals surface area contributed by atoms with Crippen molar-refractivity contribution in [3.05, 3.63) is 35.3 Å². The van der Waals surface area contributed by atoms with Crippen molar-refractivity contribution in [2.75, 3.05) is 49.7 Å². The van der Waals surface area contributed by atoms with Crippen LogP contribution in [0.1, 0.15) is 40.3 Å². The molecule has 2 aliphatic rings. The summed E-state index contributed by atoms with van der Waals surface area (Å²) in [5.74, 6) is 0.525. The van der Waals surface area contributed by atoms with E-state index >= 15 is 0 Å². The molecule has 0 aromatic carbocycles. The number of rotatable bonds is 6. The van der Waals surface area contributed by atoms with Crippen LogP contribution in [-0.2, 0) is 11.2 Å². The maximum absolute atomic E-state index is 12.9. The molecule has 31 heavy (non-hydrogen) atoms. The third kappa shape index (κ3) is 4.80. The quantitative estimate of drug-likeness (QED) is 0.624. The second kappa shape index (κ2) is 8.56. The van der Waals surface area contributed by atoms with Gasteiger partial charge in [-0.05, 0) is 26.0 Å². The molecule has 1 fully saturated rings. The van der Waals surface area contributed by atoms with Gasteiger partial charge in [0.1, 0.15) is 30.1 Å². The third-order valence-electron chi connectivity index (χ3n) is 4.97. The molecule has 3 N–H and O–H groups in total. The van der Waals surface area contributed by atoms with Gasteiger partial charge in [-0.3, -0.25) is 9.59 Å². The van der Waals surface area contributed by atoms with Gasteiger partial charge in [-0.15, -0.1) is 0 Å². The second-order valence-corrected chi connectivity index (χ2v) is 8.13. The number of aromatic nitrogens is 1. The first-order valence-electron chi connectivity index (χ1n) is 10.2. The zero-order valence-corrected chi connectivity index (χ0v) is 17.6. The first-order valence-corrected chi connectivity index (χ1v) is 10.2. The molecule has 1 saturated heterocycles. The van der Waals surface area contributed by atoms with Gasteiger partial charge in [0.25, 0.3) is 11.8 Å². The molecule has 10 heteroatoms. The average Bonchev–Trinajstić information content (AvgIpc) is 3.19. The molecule has 10 nitrogen and oxygen atoms in total. The summed E-state index contributed by atoms with van der Waals surface area (Å²) in [5, 5.41) is 15.5. The van der Waals surface area contributed by atoms with E-state index in [1.54, 1.807) is 26.0 Å². The van der Waals surface area contributed by atoms with Crippen molar-refractivity contribution in [3.8, 4) is 5.88 Å². The highest BCUT2D eigenvalue weighted by atomic mass is 16.5. The number of carbonyl (C=O) groups is 2. The van der Waals surface area contributed by atoms with Gasteiger partial charge in [0.2, 0.25) is 5.88 Å². The maximum atomic E-state index is 12.9. The van der Waals surface area contributed by atoms with Crippen molar-refractivity contribution in [1.29, 1.82) is 0 Å². The number of ether oxygens (including phenoxy) is 2. The van der Waals surface area contributed by atoms with E-state index in [1.807, 2.05) is 0 Å². The Morgan fingerprint density at radius 3 is 2.87 bits per heavy atom. The topological polar surface area (TPSA) is 126 Å². The number of fused-ring (bicyclic) bond motifs is 1. The molecule has 0 spiro atoms. The molecule has 4 rings (SSSR count). The van der Waals surface area contributed by atoms with Crippen LogP contribution in [-0.4, -0.2) is 67.0 Å². The molecule has 0 radical (unpaired) electrons. The van der Waals surface area contributed by atoms with Crippen LogP contribution in [0, 0.1) is 0 Å². The first-order chi connectivity index (χ1) is 14.8. The van der Waals surface area contributed by atoms with Gasteiger partial charge in [-0.25, -0.2) is 0 Å². The Hall–Kier alpha value is -3.11. The lowest BCUT2D eigenvalue weighted by Crippen LogP contribution is -2.37. The third-order valence-corrected chi connectivity index (χ3v) is 4.97. The van der Waals surface area contributed by atoms with Crippen molar-refractivity contribution in [1.82, 2.24) is 10.3 Å². The zero-order chi connectivity index (χ0) is 22.0. The van der Waals surface area contributed by atoms with Crippen LogP contribution in [0.3, 0.4) is 0 Å².